The molecule has 14 heavy (non-hydrogen) atoms. The maximum atomic E-state index is 9.14. The molecule has 0 aliphatic carbocycles. The predicted molar refractivity (Wildman–Crippen MR) is 63.3 cm³/mol. The first kappa shape index (κ1) is 9.85. The van der Waals surface area contributed by atoms with Crippen LogP contribution >= 0.6 is 24.0 Å². The Morgan fingerprint density at radius 2 is 2.07 bits per heavy atom. The first-order chi connectivity index (χ1) is 6.61. The van der Waals surface area contributed by atoms with E-state index in [1.54, 1.807) is 12.1 Å². The Morgan fingerprint density at radius 1 is 1.36 bits per heavy atom. The van der Waals surface area contributed by atoms with E-state index in [2.05, 4.69) is 12.6 Å². The highest BCUT2D eigenvalue weighted by molar-refractivity contribution is 7.83. The molecule has 0 amide bonds. The van der Waals surface area contributed by atoms with E-state index in [9.17, 15) is 0 Å². The lowest BCUT2D eigenvalue weighted by Crippen LogP contribution is -2.30. The van der Waals surface area contributed by atoms with Gasteiger partial charge in [-0.3, -0.25) is 0 Å². The monoisotopic (exact) mass is 225 g/mol. The third-order valence-corrected chi connectivity index (χ3v) is 3.53. The van der Waals surface area contributed by atoms with E-state index in [0.29, 0.717) is 20.7 Å². The van der Waals surface area contributed by atoms with Gasteiger partial charge in [-0.15, -0.1) is 24.0 Å². The zero-order chi connectivity index (χ0) is 10.3. The van der Waals surface area contributed by atoms with Gasteiger partial charge in [0.2, 0.25) is 0 Å². The van der Waals surface area contributed by atoms with E-state index in [1.807, 2.05) is 6.07 Å². The SMILES string of the molecule is Nc1c(S)sc2cccc(B(O)O)c12. The summed E-state index contributed by atoms with van der Waals surface area (Å²) >= 11 is 5.63. The second-order valence-electron chi connectivity index (χ2n) is 2.91. The van der Waals surface area contributed by atoms with Crippen molar-refractivity contribution in [3.8, 4) is 0 Å². The summed E-state index contributed by atoms with van der Waals surface area (Å²) in [6.07, 6.45) is 0. The normalized spacial score (nSPS) is 10.8. The van der Waals surface area contributed by atoms with Crippen molar-refractivity contribution in [2.24, 2.45) is 0 Å². The highest BCUT2D eigenvalue weighted by Crippen LogP contribution is 2.34. The fourth-order valence-electron chi connectivity index (χ4n) is 1.40. The van der Waals surface area contributed by atoms with Gasteiger partial charge in [-0.05, 0) is 11.5 Å². The molecule has 0 bridgehead atoms. The van der Waals surface area contributed by atoms with Crippen molar-refractivity contribution in [3.63, 3.8) is 0 Å². The Morgan fingerprint density at radius 3 is 2.71 bits per heavy atom. The van der Waals surface area contributed by atoms with E-state index in [-0.39, 0.29) is 0 Å². The molecule has 0 saturated heterocycles. The van der Waals surface area contributed by atoms with Gasteiger partial charge in [0.25, 0.3) is 0 Å². The van der Waals surface area contributed by atoms with Crippen LogP contribution in [0.1, 0.15) is 0 Å². The van der Waals surface area contributed by atoms with Gasteiger partial charge in [-0.2, -0.15) is 0 Å². The van der Waals surface area contributed by atoms with Gasteiger partial charge in [-0.25, -0.2) is 0 Å². The van der Waals surface area contributed by atoms with E-state index < -0.39 is 7.12 Å². The number of thiophene rings is 1. The standard InChI is InChI=1S/C8H8BNO2S2/c10-7-6-4(9(11)12)2-1-3-5(6)14-8(7)13/h1-3,11-13H,10H2. The first-order valence-corrected chi connectivity index (χ1v) is 5.23. The van der Waals surface area contributed by atoms with Crippen LogP contribution in [0.2, 0.25) is 0 Å². The molecule has 4 N–H and O–H groups in total. The highest BCUT2D eigenvalue weighted by Gasteiger charge is 2.18. The third-order valence-electron chi connectivity index (χ3n) is 2.04. The molecule has 0 fully saturated rings. The first-order valence-electron chi connectivity index (χ1n) is 3.97. The van der Waals surface area contributed by atoms with E-state index in [1.165, 1.54) is 11.3 Å². The zero-order valence-electron chi connectivity index (χ0n) is 7.14. The minimum absolute atomic E-state index is 0.427. The molecule has 0 radical (unpaired) electrons. The Kier molecular flexibility index (Phi) is 2.44. The van der Waals surface area contributed by atoms with Crippen molar-refractivity contribution in [1.29, 1.82) is 0 Å². The molecule has 0 spiro atoms. The molecule has 0 unspecified atom stereocenters. The van der Waals surface area contributed by atoms with Crippen LogP contribution < -0.4 is 11.2 Å². The quantitative estimate of drug-likeness (QED) is 0.421. The van der Waals surface area contributed by atoms with Crippen molar-refractivity contribution < 1.29 is 10.0 Å². The molecule has 0 saturated carbocycles. The fourth-order valence-corrected chi connectivity index (χ4v) is 2.71. The van der Waals surface area contributed by atoms with Gasteiger partial charge < -0.3 is 15.8 Å². The number of benzene rings is 1. The number of thiol groups is 1. The lowest BCUT2D eigenvalue weighted by molar-refractivity contribution is 0.426. The van der Waals surface area contributed by atoms with Gasteiger partial charge in [0.15, 0.2) is 0 Å². The van der Waals surface area contributed by atoms with Crippen LogP contribution in [0.3, 0.4) is 0 Å². The van der Waals surface area contributed by atoms with E-state index in [4.69, 9.17) is 15.8 Å². The molecule has 2 rings (SSSR count). The fraction of sp³-hybridized carbons (Fsp3) is 0. The molecule has 1 aromatic carbocycles. The summed E-state index contributed by atoms with van der Waals surface area (Å²) in [6, 6.07) is 5.28. The van der Waals surface area contributed by atoms with Crippen LogP contribution in [0.4, 0.5) is 5.69 Å². The van der Waals surface area contributed by atoms with Crippen LogP contribution in [0.5, 0.6) is 0 Å². The van der Waals surface area contributed by atoms with Crippen LogP contribution in [0, 0.1) is 0 Å². The maximum absolute atomic E-state index is 9.14. The summed E-state index contributed by atoms with van der Waals surface area (Å²) in [7, 11) is -1.50. The zero-order valence-corrected chi connectivity index (χ0v) is 8.85. The molecule has 6 heteroatoms. The molecule has 0 aliphatic rings. The molecule has 2 aromatic rings. The molecular formula is C8H8BNO2S2. The van der Waals surface area contributed by atoms with Crippen LogP contribution in [-0.4, -0.2) is 17.2 Å². The van der Waals surface area contributed by atoms with Gasteiger partial charge in [-0.1, -0.05) is 12.1 Å². The number of hydrogen-bond donors (Lipinski definition) is 4. The van der Waals surface area contributed by atoms with Crippen molar-refractivity contribution >= 4 is 52.3 Å². The molecule has 1 aromatic heterocycles. The Hall–Kier alpha value is -0.685. The Balaban J connectivity index is 2.84. The third kappa shape index (κ3) is 1.40. The maximum Gasteiger partial charge on any atom is 0.489 e. The van der Waals surface area contributed by atoms with Crippen LogP contribution in [0.25, 0.3) is 10.1 Å². The van der Waals surface area contributed by atoms with Gasteiger partial charge in [0, 0.05) is 10.1 Å². The van der Waals surface area contributed by atoms with Crippen LogP contribution in [-0.2, 0) is 0 Å². The molecule has 3 nitrogen and oxygen atoms in total. The Bertz CT molecular complexity index is 483. The highest BCUT2D eigenvalue weighted by atomic mass is 32.2. The molecule has 0 aliphatic heterocycles. The average Bonchev–Trinajstić information content (AvgIpc) is 2.43. The lowest BCUT2D eigenvalue weighted by atomic mass is 9.78. The summed E-state index contributed by atoms with van der Waals surface area (Å²) in [6.45, 7) is 0. The second kappa shape index (κ2) is 3.47. The number of fused-ring (bicyclic) bond motifs is 1. The molecular weight excluding hydrogens is 217 g/mol. The molecule has 72 valence electrons. The van der Waals surface area contributed by atoms with Gasteiger partial charge in [0.1, 0.15) is 0 Å². The van der Waals surface area contributed by atoms with Crippen molar-refractivity contribution in [1.82, 2.24) is 0 Å². The number of anilines is 1. The predicted octanol–water partition coefficient (Wildman–Crippen LogP) is 0.452. The van der Waals surface area contributed by atoms with E-state index >= 15 is 0 Å². The number of nitrogens with two attached hydrogens (primary N) is 1. The number of hydrogen-bond acceptors (Lipinski definition) is 5. The lowest BCUT2D eigenvalue weighted by Gasteiger charge is -2.02. The van der Waals surface area contributed by atoms with Gasteiger partial charge >= 0.3 is 7.12 Å². The smallest absolute Gasteiger partial charge is 0.423 e. The summed E-state index contributed by atoms with van der Waals surface area (Å²) in [5.74, 6) is 0. The largest absolute Gasteiger partial charge is 0.489 e. The van der Waals surface area contributed by atoms with Crippen molar-refractivity contribution in [2.75, 3.05) is 5.73 Å². The summed E-state index contributed by atoms with van der Waals surface area (Å²) in [5.41, 5.74) is 6.73. The minimum Gasteiger partial charge on any atom is -0.423 e. The van der Waals surface area contributed by atoms with Gasteiger partial charge in [0.05, 0.1) is 9.90 Å². The average molecular weight is 225 g/mol. The minimum atomic E-state index is -1.50. The van der Waals surface area contributed by atoms with Crippen LogP contribution in [0.15, 0.2) is 22.4 Å². The van der Waals surface area contributed by atoms with Crippen molar-refractivity contribution in [3.05, 3.63) is 18.2 Å². The number of rotatable bonds is 1. The Labute approximate surface area is 90.7 Å². The molecule has 1 heterocycles. The summed E-state index contributed by atoms with van der Waals surface area (Å²) in [5, 5.41) is 19.0. The van der Waals surface area contributed by atoms with Crippen molar-refractivity contribution in [2.45, 2.75) is 4.21 Å². The van der Waals surface area contributed by atoms with E-state index in [0.717, 1.165) is 4.70 Å². The second-order valence-corrected chi connectivity index (χ2v) is 4.72. The topological polar surface area (TPSA) is 66.5 Å². The number of nitrogen functional groups attached to an aromatic ring is 1. The summed E-state index contributed by atoms with van der Waals surface area (Å²) < 4.78 is 1.62. The summed E-state index contributed by atoms with van der Waals surface area (Å²) in [4.78, 5) is 0. The molecule has 0 atom stereocenters.